The Kier molecular flexibility index (Phi) is 12.4. The zero-order valence-electron chi connectivity index (χ0n) is 27.2. The molecule has 1 amide bonds. The third kappa shape index (κ3) is 8.76. The van der Waals surface area contributed by atoms with Gasteiger partial charge < -0.3 is 14.6 Å². The minimum Gasteiger partial charge on any atom is -0.494 e. The van der Waals surface area contributed by atoms with Crippen molar-refractivity contribution in [1.82, 2.24) is 10.9 Å². The molecule has 1 heterocycles. The molecule has 1 aliphatic rings. The van der Waals surface area contributed by atoms with Gasteiger partial charge >= 0.3 is 0 Å². The van der Waals surface area contributed by atoms with E-state index in [9.17, 15) is 9.18 Å². The van der Waals surface area contributed by atoms with E-state index in [1.54, 1.807) is 42.5 Å². The molecule has 0 saturated carbocycles. The van der Waals surface area contributed by atoms with Crippen LogP contribution in [0.15, 0.2) is 112 Å². The summed E-state index contributed by atoms with van der Waals surface area (Å²) in [6.07, 6.45) is -0.00571. The van der Waals surface area contributed by atoms with E-state index in [-0.39, 0.29) is 37.8 Å². The summed E-state index contributed by atoms with van der Waals surface area (Å²) in [7, 11) is 0. The van der Waals surface area contributed by atoms with Gasteiger partial charge in [0.05, 0.1) is 19.7 Å². The number of nitrogens with one attached hydrogen (secondary N) is 2. The fraction of sp³-hybridized carbons (Fsp3) is 0.278. The molecule has 0 fully saturated rings. The van der Waals surface area contributed by atoms with Gasteiger partial charge in [-0.15, -0.1) is 0 Å². The van der Waals surface area contributed by atoms with Gasteiger partial charge in [-0.05, 0) is 81.7 Å². The number of aliphatic hydroxyl groups is 1. The zero-order valence-corrected chi connectivity index (χ0v) is 27.2. The molecule has 256 valence electrons. The number of ether oxygens (including phenoxy) is 2. The number of rotatable bonds is 17. The lowest BCUT2D eigenvalue weighted by molar-refractivity contribution is -0.130. The maximum atomic E-state index is 14.6. The normalized spacial score (nSPS) is 16.4. The van der Waals surface area contributed by atoms with Crippen LogP contribution in [0.3, 0.4) is 0 Å². The maximum Gasteiger partial charge on any atom is 0.266 e. The van der Waals surface area contributed by atoms with E-state index in [0.717, 1.165) is 5.56 Å². The number of azide groups is 2. The van der Waals surface area contributed by atoms with Crippen LogP contribution >= 0.6 is 0 Å². The Labute approximate surface area is 288 Å². The lowest BCUT2D eigenvalue weighted by Gasteiger charge is -2.32. The van der Waals surface area contributed by atoms with E-state index in [1.807, 2.05) is 42.5 Å². The monoisotopic (exact) mass is 677 g/mol. The van der Waals surface area contributed by atoms with Gasteiger partial charge in [0, 0.05) is 41.4 Å². The van der Waals surface area contributed by atoms with Crippen LogP contribution in [0.5, 0.6) is 5.75 Å². The number of aliphatic imine (C=N–C) groups is 1. The molecule has 1 aliphatic heterocycles. The summed E-state index contributed by atoms with van der Waals surface area (Å²) in [5, 5.41) is 16.6. The largest absolute Gasteiger partial charge is 0.494 e. The number of amides is 1. The maximum absolute atomic E-state index is 14.6. The van der Waals surface area contributed by atoms with Crippen molar-refractivity contribution < 1.29 is 23.8 Å². The molecule has 4 aromatic rings. The number of hydrogen-bond acceptors (Lipinski definition) is 8. The first-order chi connectivity index (χ1) is 24.5. The first-order valence-corrected chi connectivity index (χ1v) is 16.0. The molecule has 13 nitrogen and oxygen atoms in total. The summed E-state index contributed by atoms with van der Waals surface area (Å²) < 4.78 is 26.1. The van der Waals surface area contributed by atoms with Crippen LogP contribution in [0, 0.1) is 5.82 Å². The Bertz CT molecular complexity index is 1910. The minimum atomic E-state index is -1.61. The van der Waals surface area contributed by atoms with E-state index in [1.165, 1.54) is 12.1 Å². The van der Waals surface area contributed by atoms with Gasteiger partial charge in [0.25, 0.3) is 5.91 Å². The third-order valence-corrected chi connectivity index (χ3v) is 8.18. The highest BCUT2D eigenvalue weighted by molar-refractivity contribution is 6.01. The van der Waals surface area contributed by atoms with Crippen LogP contribution < -0.4 is 15.6 Å². The van der Waals surface area contributed by atoms with Crippen LogP contribution in [0.2, 0.25) is 0 Å². The average Bonchev–Trinajstić information content (AvgIpc) is 3.52. The Morgan fingerprint density at radius 2 is 1.64 bits per heavy atom. The second kappa shape index (κ2) is 17.5. The predicted molar refractivity (Wildman–Crippen MR) is 185 cm³/mol. The van der Waals surface area contributed by atoms with Crippen LogP contribution in [0.1, 0.15) is 45.9 Å². The molecule has 0 radical (unpaired) electrons. The lowest BCUT2D eigenvalue weighted by Crippen LogP contribution is -2.54. The van der Waals surface area contributed by atoms with Gasteiger partial charge in [-0.2, -0.15) is 0 Å². The van der Waals surface area contributed by atoms with Crippen LogP contribution in [0.25, 0.3) is 20.9 Å². The van der Waals surface area contributed by atoms with Crippen molar-refractivity contribution in [2.75, 3.05) is 19.8 Å². The lowest BCUT2D eigenvalue weighted by atomic mass is 9.80. The van der Waals surface area contributed by atoms with Crippen molar-refractivity contribution in [2.24, 2.45) is 15.2 Å². The highest BCUT2D eigenvalue weighted by Gasteiger charge is 2.54. The molecular weight excluding hydrogens is 641 g/mol. The third-order valence-electron chi connectivity index (χ3n) is 8.18. The summed E-state index contributed by atoms with van der Waals surface area (Å²) in [4.78, 5) is 25.5. The van der Waals surface area contributed by atoms with Gasteiger partial charge in [-0.1, -0.05) is 70.9 Å². The molecule has 0 bridgehead atoms. The van der Waals surface area contributed by atoms with E-state index in [4.69, 9.17) is 30.6 Å². The highest BCUT2D eigenvalue weighted by Crippen LogP contribution is 2.44. The van der Waals surface area contributed by atoms with Gasteiger partial charge in [-0.25, -0.2) is 14.8 Å². The van der Waals surface area contributed by atoms with Gasteiger partial charge in [0.2, 0.25) is 5.90 Å². The molecular formula is C36H36FN9O4. The molecule has 0 aliphatic carbocycles. The first-order valence-electron chi connectivity index (χ1n) is 16.0. The fourth-order valence-corrected chi connectivity index (χ4v) is 5.73. The summed E-state index contributed by atoms with van der Waals surface area (Å²) in [5.41, 5.74) is 26.4. The van der Waals surface area contributed by atoms with Crippen LogP contribution in [0.4, 0.5) is 4.39 Å². The Hall–Kier alpha value is -5.91. The number of benzene rings is 4. The number of hydrazine groups is 1. The smallest absolute Gasteiger partial charge is 0.266 e. The van der Waals surface area contributed by atoms with Crippen molar-refractivity contribution in [3.8, 4) is 5.75 Å². The second-order valence-corrected chi connectivity index (χ2v) is 11.5. The highest BCUT2D eigenvalue weighted by atomic mass is 19.1. The summed E-state index contributed by atoms with van der Waals surface area (Å²) in [6.45, 7) is 0.734. The van der Waals surface area contributed by atoms with Gasteiger partial charge in [0.15, 0.2) is 11.6 Å². The molecule has 50 heavy (non-hydrogen) atoms. The molecule has 14 heteroatoms. The Balaban J connectivity index is 1.57. The van der Waals surface area contributed by atoms with Gasteiger partial charge in [0.1, 0.15) is 11.6 Å². The van der Waals surface area contributed by atoms with E-state index in [2.05, 4.69) is 30.9 Å². The molecule has 0 saturated heterocycles. The number of halogens is 1. The molecule has 2 atom stereocenters. The Morgan fingerprint density at radius 1 is 0.940 bits per heavy atom. The van der Waals surface area contributed by atoms with Crippen molar-refractivity contribution in [2.45, 2.75) is 44.0 Å². The summed E-state index contributed by atoms with van der Waals surface area (Å²) >= 11 is 0. The summed E-state index contributed by atoms with van der Waals surface area (Å²) in [6, 6.07) is 27.9. The van der Waals surface area contributed by atoms with Crippen molar-refractivity contribution in [1.29, 1.82) is 0 Å². The van der Waals surface area contributed by atoms with Crippen LogP contribution in [-0.2, 0) is 35.5 Å². The Morgan fingerprint density at radius 3 is 2.36 bits per heavy atom. The van der Waals surface area contributed by atoms with Crippen molar-refractivity contribution in [3.63, 3.8) is 0 Å². The van der Waals surface area contributed by atoms with Crippen LogP contribution in [-0.4, -0.2) is 42.2 Å². The van der Waals surface area contributed by atoms with E-state index >= 15 is 0 Å². The van der Waals surface area contributed by atoms with E-state index in [0.29, 0.717) is 59.6 Å². The number of nitrogens with zero attached hydrogens (tertiary/aromatic N) is 7. The van der Waals surface area contributed by atoms with Crippen molar-refractivity contribution in [3.05, 3.63) is 157 Å². The number of aliphatic hydroxyl groups excluding tert-OH is 1. The molecule has 4 aromatic carbocycles. The average molecular weight is 678 g/mol. The molecule has 0 spiro atoms. The molecule has 3 N–H and O–H groups in total. The minimum absolute atomic E-state index is 0.0127. The topological polar surface area (TPSA) is 190 Å². The number of carbonyl (C=O) groups excluding carboxylic acids is 1. The zero-order chi connectivity index (χ0) is 35.2. The number of carbonyl (C=O) groups is 1. The molecule has 5 rings (SSSR count). The number of hydrogen-bond donors (Lipinski definition) is 3. The predicted octanol–water partition coefficient (Wildman–Crippen LogP) is 6.57. The first kappa shape index (κ1) is 35.4. The summed E-state index contributed by atoms with van der Waals surface area (Å²) in [5.74, 6) is -0.0480. The van der Waals surface area contributed by atoms with E-state index < -0.39 is 17.6 Å². The second-order valence-electron chi connectivity index (χ2n) is 11.5. The standard InChI is InChI=1S/C36H36FN9O4/c37-30-11-5-7-25(21-30)17-18-40-44-35(48)36(22-27-8-1-2-9-28(27)23-41-45-38)33(32-12-4-3-10-29(32)24-42-46-39)50-34(43-36)26-13-15-31(16-14-26)49-20-6-19-47/h1-5,7-16,21,33,40,47H,6,17-20,22-24H2,(H,44,48)/t33-,36-/m0/s1. The molecule has 0 unspecified atom stereocenters. The quantitative estimate of drug-likeness (QED) is 0.0374. The fourth-order valence-electron chi connectivity index (χ4n) is 5.73. The van der Waals surface area contributed by atoms with Gasteiger partial charge in [-0.3, -0.25) is 10.2 Å². The molecule has 0 aromatic heterocycles. The van der Waals surface area contributed by atoms with Crippen molar-refractivity contribution >= 4 is 11.8 Å². The SMILES string of the molecule is [N-]=[N+]=NCc1ccccc1C[C@]1(C(=O)NNCCc2cccc(F)c2)N=C(c2ccc(OCCCO)cc2)O[C@H]1c1ccccc1CN=[N+]=[N-].